The highest BCUT2D eigenvalue weighted by molar-refractivity contribution is 6.30. The van der Waals surface area contributed by atoms with Gasteiger partial charge in [-0.25, -0.2) is 4.79 Å². The normalized spacial score (nSPS) is 18.4. The molecule has 0 saturated carbocycles. The lowest BCUT2D eigenvalue weighted by atomic mass is 9.87. The molecule has 9 heteroatoms. The number of benzene rings is 2. The lowest BCUT2D eigenvalue weighted by Gasteiger charge is -2.39. The predicted octanol–water partition coefficient (Wildman–Crippen LogP) is 2.08. The van der Waals surface area contributed by atoms with Gasteiger partial charge in [-0.05, 0) is 35.9 Å². The van der Waals surface area contributed by atoms with Crippen LogP contribution < -0.4 is 20.7 Å². The Morgan fingerprint density at radius 1 is 1.19 bits per heavy atom. The Morgan fingerprint density at radius 3 is 2.81 bits per heavy atom. The summed E-state index contributed by atoms with van der Waals surface area (Å²) in [6, 6.07) is 10.7. The van der Waals surface area contributed by atoms with Crippen molar-refractivity contribution >= 4 is 22.5 Å². The summed E-state index contributed by atoms with van der Waals surface area (Å²) in [4.78, 5) is 30.5. The fourth-order valence-corrected chi connectivity index (χ4v) is 4.84. The van der Waals surface area contributed by atoms with Crippen molar-refractivity contribution in [3.8, 4) is 11.5 Å². The van der Waals surface area contributed by atoms with Gasteiger partial charge < -0.3 is 24.5 Å². The number of H-pyrrole nitrogens is 2. The van der Waals surface area contributed by atoms with Gasteiger partial charge in [0, 0.05) is 43.9 Å². The third-order valence-corrected chi connectivity index (χ3v) is 6.50. The zero-order valence-electron chi connectivity index (χ0n) is 17.4. The third-order valence-electron chi connectivity index (χ3n) is 6.27. The van der Waals surface area contributed by atoms with E-state index in [0.29, 0.717) is 23.2 Å². The number of aromatic amines is 2. The monoisotopic (exact) mass is 457 g/mol. The fourth-order valence-electron chi connectivity index (χ4n) is 4.65. The van der Waals surface area contributed by atoms with E-state index in [-0.39, 0.29) is 12.2 Å². The van der Waals surface area contributed by atoms with Crippen molar-refractivity contribution in [2.24, 2.45) is 0 Å². The molecule has 1 aromatic heterocycles. The van der Waals surface area contributed by atoms with Crippen molar-refractivity contribution in [2.45, 2.75) is 31.0 Å². The number of β-amino-alcohol motifs (C(OH)–C–C–N with tert-alkyl or cyclic N) is 1. The van der Waals surface area contributed by atoms with Gasteiger partial charge in [0.25, 0.3) is 5.56 Å². The van der Waals surface area contributed by atoms with Crippen LogP contribution in [0.5, 0.6) is 11.5 Å². The van der Waals surface area contributed by atoms with Gasteiger partial charge in [-0.3, -0.25) is 9.78 Å². The molecule has 5 rings (SSSR count). The lowest BCUT2D eigenvalue weighted by Crippen LogP contribution is -2.49. The number of aromatic nitrogens is 2. The van der Waals surface area contributed by atoms with Crippen LogP contribution in [0.25, 0.3) is 10.9 Å². The Labute approximate surface area is 188 Å². The molecule has 0 radical (unpaired) electrons. The van der Waals surface area contributed by atoms with Crippen LogP contribution in [-0.2, 0) is 6.42 Å². The van der Waals surface area contributed by atoms with Crippen LogP contribution >= 0.6 is 11.6 Å². The minimum atomic E-state index is -0.714. The van der Waals surface area contributed by atoms with E-state index in [0.717, 1.165) is 48.7 Å². The SMILES string of the molecule is O=c1[nH]c(=O)c2cccc(OC[C@@H](O)CN3CCC4(CC3)Cc3cc(Cl)ccc3O4)c2[nH]1. The zero-order valence-corrected chi connectivity index (χ0v) is 18.2. The van der Waals surface area contributed by atoms with Crippen LogP contribution in [0.3, 0.4) is 0 Å². The van der Waals surface area contributed by atoms with Gasteiger partial charge in [-0.1, -0.05) is 17.7 Å². The molecule has 32 heavy (non-hydrogen) atoms. The maximum Gasteiger partial charge on any atom is 0.326 e. The summed E-state index contributed by atoms with van der Waals surface area (Å²) in [6.45, 7) is 2.15. The van der Waals surface area contributed by atoms with Gasteiger partial charge in [0.15, 0.2) is 0 Å². The van der Waals surface area contributed by atoms with Crippen LogP contribution in [0.15, 0.2) is 46.0 Å². The van der Waals surface area contributed by atoms with E-state index in [1.165, 1.54) is 0 Å². The third kappa shape index (κ3) is 4.13. The summed E-state index contributed by atoms with van der Waals surface area (Å²) >= 11 is 6.11. The van der Waals surface area contributed by atoms with Crippen LogP contribution in [-0.4, -0.2) is 57.9 Å². The maximum absolute atomic E-state index is 11.9. The van der Waals surface area contributed by atoms with Crippen molar-refractivity contribution in [2.75, 3.05) is 26.2 Å². The first kappa shape index (κ1) is 21.1. The quantitative estimate of drug-likeness (QED) is 0.541. The molecule has 2 aliphatic heterocycles. The zero-order chi connectivity index (χ0) is 22.3. The number of aliphatic hydroxyl groups is 1. The molecule has 168 valence electrons. The first-order valence-corrected chi connectivity index (χ1v) is 11.0. The van der Waals surface area contributed by atoms with Gasteiger partial charge in [-0.2, -0.15) is 0 Å². The molecule has 2 aliphatic rings. The minimum absolute atomic E-state index is 0.0516. The summed E-state index contributed by atoms with van der Waals surface area (Å²) in [7, 11) is 0. The van der Waals surface area contributed by atoms with Crippen LogP contribution in [0.4, 0.5) is 0 Å². The number of halogens is 1. The topological polar surface area (TPSA) is 108 Å². The Kier molecular flexibility index (Phi) is 5.44. The molecule has 1 fully saturated rings. The Morgan fingerprint density at radius 2 is 2.00 bits per heavy atom. The molecule has 2 aromatic carbocycles. The summed E-state index contributed by atoms with van der Waals surface area (Å²) in [6.07, 6.45) is 1.90. The smallest absolute Gasteiger partial charge is 0.326 e. The van der Waals surface area contributed by atoms with E-state index in [2.05, 4.69) is 14.9 Å². The summed E-state index contributed by atoms with van der Waals surface area (Å²) in [5.41, 5.74) is 0.223. The Balaban J connectivity index is 1.16. The number of fused-ring (bicyclic) bond motifs is 2. The molecule has 1 spiro atoms. The molecule has 3 aromatic rings. The molecular formula is C23H24ClN3O5. The molecular weight excluding hydrogens is 434 g/mol. The summed E-state index contributed by atoms with van der Waals surface area (Å²) in [5.74, 6) is 1.28. The second-order valence-corrected chi connectivity index (χ2v) is 9.00. The van der Waals surface area contributed by atoms with Crippen LogP contribution in [0, 0.1) is 0 Å². The highest BCUT2D eigenvalue weighted by Crippen LogP contribution is 2.41. The van der Waals surface area contributed by atoms with Crippen molar-refractivity contribution < 1.29 is 14.6 Å². The Bertz CT molecular complexity index is 1260. The van der Waals surface area contributed by atoms with E-state index >= 15 is 0 Å². The van der Waals surface area contributed by atoms with E-state index in [4.69, 9.17) is 21.1 Å². The van der Waals surface area contributed by atoms with Crippen molar-refractivity contribution in [3.05, 3.63) is 67.8 Å². The van der Waals surface area contributed by atoms with Gasteiger partial charge in [0.2, 0.25) is 0 Å². The van der Waals surface area contributed by atoms with Gasteiger partial charge in [0.05, 0.1) is 10.9 Å². The highest BCUT2D eigenvalue weighted by Gasteiger charge is 2.42. The summed E-state index contributed by atoms with van der Waals surface area (Å²) < 4.78 is 12.0. The number of piperidine rings is 1. The Hall–Kier alpha value is -2.81. The highest BCUT2D eigenvalue weighted by atomic mass is 35.5. The number of likely N-dealkylation sites (tertiary alicyclic amines) is 1. The molecule has 8 nitrogen and oxygen atoms in total. The number of ether oxygens (including phenoxy) is 2. The average Bonchev–Trinajstić information content (AvgIpc) is 3.11. The fraction of sp³-hybridized carbons (Fsp3) is 0.391. The van der Waals surface area contributed by atoms with Crippen LogP contribution in [0.2, 0.25) is 5.02 Å². The number of hydrogen-bond acceptors (Lipinski definition) is 6. The molecule has 1 saturated heterocycles. The standard InChI is InChI=1S/C23H24ClN3O5/c24-15-4-5-18-14(10-15)11-23(32-18)6-8-27(9-7-23)12-16(28)13-31-19-3-1-2-17-20(19)25-22(30)26-21(17)29/h1-5,10,16,28H,6-9,11-13H2,(H2,25,26,29,30)/t16-/m0/s1. The van der Waals surface area contributed by atoms with Crippen LogP contribution in [0.1, 0.15) is 18.4 Å². The van der Waals surface area contributed by atoms with Crippen molar-refractivity contribution in [3.63, 3.8) is 0 Å². The maximum atomic E-state index is 11.9. The number of para-hydroxylation sites is 1. The lowest BCUT2D eigenvalue weighted by molar-refractivity contribution is -0.00187. The number of aliphatic hydroxyl groups excluding tert-OH is 1. The van der Waals surface area contributed by atoms with Gasteiger partial charge >= 0.3 is 5.69 Å². The number of hydrogen-bond donors (Lipinski definition) is 3. The summed E-state index contributed by atoms with van der Waals surface area (Å²) in [5, 5.41) is 11.6. The molecule has 0 amide bonds. The molecule has 1 atom stereocenters. The molecule has 0 unspecified atom stereocenters. The second-order valence-electron chi connectivity index (χ2n) is 8.57. The van der Waals surface area contributed by atoms with E-state index in [1.54, 1.807) is 18.2 Å². The number of nitrogens with zero attached hydrogens (tertiary/aromatic N) is 1. The van der Waals surface area contributed by atoms with Crippen molar-refractivity contribution in [1.82, 2.24) is 14.9 Å². The van der Waals surface area contributed by atoms with Gasteiger partial charge in [0.1, 0.15) is 29.8 Å². The van der Waals surface area contributed by atoms with E-state index in [9.17, 15) is 14.7 Å². The van der Waals surface area contributed by atoms with E-state index in [1.807, 2.05) is 18.2 Å². The molecule has 0 bridgehead atoms. The second kappa shape index (κ2) is 8.27. The largest absolute Gasteiger partial charge is 0.489 e. The van der Waals surface area contributed by atoms with E-state index < -0.39 is 17.4 Å². The first-order valence-electron chi connectivity index (χ1n) is 10.7. The van der Waals surface area contributed by atoms with Crippen molar-refractivity contribution in [1.29, 1.82) is 0 Å². The van der Waals surface area contributed by atoms with Gasteiger partial charge in [-0.15, -0.1) is 0 Å². The average molecular weight is 458 g/mol. The minimum Gasteiger partial charge on any atom is -0.489 e. The molecule has 3 N–H and O–H groups in total. The number of nitrogens with one attached hydrogen (secondary N) is 2. The first-order chi connectivity index (χ1) is 15.4. The predicted molar refractivity (Wildman–Crippen MR) is 121 cm³/mol. The number of rotatable bonds is 5. The molecule has 3 heterocycles. The molecule has 0 aliphatic carbocycles.